The molecule has 2 atom stereocenters. The highest BCUT2D eigenvalue weighted by Gasteiger charge is 2.36. The van der Waals surface area contributed by atoms with Crippen molar-refractivity contribution in [1.29, 1.82) is 0 Å². The lowest BCUT2D eigenvalue weighted by molar-refractivity contribution is -0.150. The molecule has 1 aliphatic rings. The predicted octanol–water partition coefficient (Wildman–Crippen LogP) is 1.04. The van der Waals surface area contributed by atoms with Crippen LogP contribution in [0.4, 0.5) is 0 Å². The summed E-state index contributed by atoms with van der Waals surface area (Å²) in [7, 11) is -3.61. The number of nitrogens with two attached hydrogens (primary N) is 1. The first kappa shape index (κ1) is 16.9. The van der Waals surface area contributed by atoms with Crippen molar-refractivity contribution in [3.05, 3.63) is 35.9 Å². The van der Waals surface area contributed by atoms with Gasteiger partial charge in [-0.2, -0.15) is 0 Å². The molecule has 22 heavy (non-hydrogen) atoms. The molecule has 1 aromatic rings. The van der Waals surface area contributed by atoms with Crippen LogP contribution in [0, 0.1) is 0 Å². The summed E-state index contributed by atoms with van der Waals surface area (Å²) in [5.74, 6) is -0.358. The maximum atomic E-state index is 12.4. The van der Waals surface area contributed by atoms with E-state index >= 15 is 0 Å². The first-order chi connectivity index (χ1) is 10.4. The van der Waals surface area contributed by atoms with Crippen LogP contribution in [-0.4, -0.2) is 44.2 Å². The van der Waals surface area contributed by atoms with Crippen LogP contribution in [0.5, 0.6) is 0 Å². The van der Waals surface area contributed by atoms with E-state index in [0.29, 0.717) is 19.4 Å². The van der Waals surface area contributed by atoms with Gasteiger partial charge in [-0.1, -0.05) is 30.3 Å². The molecular weight excluding hydrogens is 304 g/mol. The number of rotatable bonds is 5. The number of nitrogens with zero attached hydrogens (tertiary/aromatic N) is 1. The normalized spacial score (nSPS) is 21.3. The number of hydrogen-bond acceptors (Lipinski definition) is 5. The molecule has 0 aliphatic carbocycles. The molecule has 0 bridgehead atoms. The van der Waals surface area contributed by atoms with Crippen molar-refractivity contribution >= 4 is 16.0 Å². The number of esters is 1. The van der Waals surface area contributed by atoms with Crippen LogP contribution in [0.1, 0.15) is 31.4 Å². The van der Waals surface area contributed by atoms with Gasteiger partial charge in [0, 0.05) is 6.54 Å². The number of piperidine rings is 1. The smallest absolute Gasteiger partial charge is 0.327 e. The van der Waals surface area contributed by atoms with Gasteiger partial charge in [-0.15, -0.1) is 0 Å². The highest BCUT2D eigenvalue weighted by Crippen LogP contribution is 2.27. The molecule has 0 spiro atoms. The van der Waals surface area contributed by atoms with Crippen LogP contribution < -0.4 is 5.14 Å². The van der Waals surface area contributed by atoms with Crippen molar-refractivity contribution in [3.8, 4) is 0 Å². The monoisotopic (exact) mass is 326 g/mol. The van der Waals surface area contributed by atoms with E-state index in [9.17, 15) is 13.2 Å². The molecule has 0 saturated carbocycles. The van der Waals surface area contributed by atoms with E-state index in [0.717, 1.165) is 5.56 Å². The Kier molecular flexibility index (Phi) is 5.55. The minimum atomic E-state index is -3.61. The fourth-order valence-electron chi connectivity index (χ4n) is 2.82. The summed E-state index contributed by atoms with van der Waals surface area (Å²) < 4.78 is 28.4. The molecule has 1 saturated heterocycles. The second-order valence-electron chi connectivity index (χ2n) is 5.41. The van der Waals surface area contributed by atoms with E-state index in [2.05, 4.69) is 0 Å². The number of likely N-dealkylation sites (tertiary alicyclic amines) is 1. The Hall–Kier alpha value is -1.44. The summed E-state index contributed by atoms with van der Waals surface area (Å²) in [4.78, 5) is 14.2. The summed E-state index contributed by atoms with van der Waals surface area (Å²) in [6.07, 6.45) is 1.21. The molecule has 2 rings (SSSR count). The SMILES string of the molecule is CCOC(=O)C(c1ccccc1)N1CCCC(S(N)(=O)=O)C1. The summed E-state index contributed by atoms with van der Waals surface area (Å²) in [6, 6.07) is 8.68. The highest BCUT2D eigenvalue weighted by molar-refractivity contribution is 7.89. The van der Waals surface area contributed by atoms with Gasteiger partial charge in [-0.25, -0.2) is 18.4 Å². The highest BCUT2D eigenvalue weighted by atomic mass is 32.2. The minimum absolute atomic E-state index is 0.247. The fraction of sp³-hybridized carbons (Fsp3) is 0.533. The minimum Gasteiger partial charge on any atom is -0.465 e. The number of benzene rings is 1. The average Bonchev–Trinajstić information content (AvgIpc) is 2.48. The Bertz CT molecular complexity index is 603. The summed E-state index contributed by atoms with van der Waals surface area (Å²) in [5, 5.41) is 4.64. The number of hydrogen-bond donors (Lipinski definition) is 1. The quantitative estimate of drug-likeness (QED) is 0.817. The summed E-state index contributed by atoms with van der Waals surface area (Å²) in [6.45, 7) is 2.93. The number of primary sulfonamides is 1. The Labute approximate surface area is 131 Å². The van der Waals surface area contributed by atoms with Crippen LogP contribution in [-0.2, 0) is 19.6 Å². The summed E-state index contributed by atoms with van der Waals surface area (Å²) >= 11 is 0. The van der Waals surface area contributed by atoms with E-state index < -0.39 is 21.3 Å². The Morgan fingerprint density at radius 2 is 2.09 bits per heavy atom. The molecule has 0 radical (unpaired) electrons. The maximum Gasteiger partial charge on any atom is 0.327 e. The third-order valence-corrected chi connectivity index (χ3v) is 5.18. The molecule has 7 heteroatoms. The van der Waals surface area contributed by atoms with E-state index in [-0.39, 0.29) is 19.1 Å². The lowest BCUT2D eigenvalue weighted by Gasteiger charge is -2.36. The molecule has 1 fully saturated rings. The summed E-state index contributed by atoms with van der Waals surface area (Å²) in [5.41, 5.74) is 0.802. The first-order valence-corrected chi connectivity index (χ1v) is 9.01. The molecule has 0 amide bonds. The molecular formula is C15H22N2O4S. The third kappa shape index (κ3) is 4.06. The maximum absolute atomic E-state index is 12.4. The zero-order chi connectivity index (χ0) is 16.2. The van der Waals surface area contributed by atoms with Crippen LogP contribution in [0.3, 0.4) is 0 Å². The van der Waals surface area contributed by atoms with Crippen molar-refractivity contribution in [1.82, 2.24) is 4.90 Å². The Morgan fingerprint density at radius 1 is 1.41 bits per heavy atom. The van der Waals surface area contributed by atoms with Crippen molar-refractivity contribution in [2.45, 2.75) is 31.1 Å². The van der Waals surface area contributed by atoms with Crippen LogP contribution >= 0.6 is 0 Å². The number of carbonyl (C=O) groups excluding carboxylic acids is 1. The Morgan fingerprint density at radius 3 is 2.68 bits per heavy atom. The van der Waals surface area contributed by atoms with Gasteiger partial charge >= 0.3 is 5.97 Å². The average molecular weight is 326 g/mol. The Balaban J connectivity index is 2.27. The molecule has 1 heterocycles. The lowest BCUT2D eigenvalue weighted by Crippen LogP contribution is -2.48. The van der Waals surface area contributed by atoms with E-state index in [1.165, 1.54) is 0 Å². The molecule has 1 aromatic carbocycles. The number of ether oxygens (including phenoxy) is 1. The fourth-order valence-corrected chi connectivity index (χ4v) is 3.72. The van der Waals surface area contributed by atoms with E-state index in [1.54, 1.807) is 6.92 Å². The third-order valence-electron chi connectivity index (χ3n) is 3.86. The van der Waals surface area contributed by atoms with Crippen molar-refractivity contribution in [3.63, 3.8) is 0 Å². The van der Waals surface area contributed by atoms with Gasteiger partial charge in [0.05, 0.1) is 11.9 Å². The first-order valence-electron chi connectivity index (χ1n) is 7.40. The van der Waals surface area contributed by atoms with Crippen molar-refractivity contribution in [2.75, 3.05) is 19.7 Å². The van der Waals surface area contributed by atoms with E-state index in [1.807, 2.05) is 35.2 Å². The van der Waals surface area contributed by atoms with Gasteiger partial charge in [0.25, 0.3) is 0 Å². The van der Waals surface area contributed by atoms with Gasteiger partial charge in [0.2, 0.25) is 10.0 Å². The molecule has 2 N–H and O–H groups in total. The molecule has 0 aromatic heterocycles. The van der Waals surface area contributed by atoms with Crippen LogP contribution in [0.2, 0.25) is 0 Å². The molecule has 2 unspecified atom stereocenters. The molecule has 122 valence electrons. The van der Waals surface area contributed by atoms with Gasteiger partial charge in [0.15, 0.2) is 0 Å². The zero-order valence-corrected chi connectivity index (χ0v) is 13.5. The second kappa shape index (κ2) is 7.21. The molecule has 1 aliphatic heterocycles. The standard InChI is InChI=1S/C15H22N2O4S/c1-2-21-15(18)14(12-7-4-3-5-8-12)17-10-6-9-13(11-17)22(16,19)20/h3-5,7-8,13-14H,2,6,9-11H2,1H3,(H2,16,19,20). The lowest BCUT2D eigenvalue weighted by atomic mass is 10.0. The number of sulfonamides is 1. The second-order valence-corrected chi connectivity index (χ2v) is 7.26. The zero-order valence-electron chi connectivity index (χ0n) is 12.6. The van der Waals surface area contributed by atoms with Crippen molar-refractivity contribution < 1.29 is 17.9 Å². The molecule has 6 nitrogen and oxygen atoms in total. The largest absolute Gasteiger partial charge is 0.465 e. The van der Waals surface area contributed by atoms with Gasteiger partial charge in [-0.3, -0.25) is 4.90 Å². The topological polar surface area (TPSA) is 89.7 Å². The van der Waals surface area contributed by atoms with Gasteiger partial charge in [0.1, 0.15) is 6.04 Å². The van der Waals surface area contributed by atoms with Crippen LogP contribution in [0.25, 0.3) is 0 Å². The van der Waals surface area contributed by atoms with E-state index in [4.69, 9.17) is 9.88 Å². The van der Waals surface area contributed by atoms with Gasteiger partial charge < -0.3 is 4.74 Å². The number of carbonyl (C=O) groups is 1. The predicted molar refractivity (Wildman–Crippen MR) is 83.5 cm³/mol. The van der Waals surface area contributed by atoms with Crippen molar-refractivity contribution in [2.24, 2.45) is 5.14 Å². The van der Waals surface area contributed by atoms with Gasteiger partial charge in [-0.05, 0) is 31.9 Å². The van der Waals surface area contributed by atoms with Crippen LogP contribution in [0.15, 0.2) is 30.3 Å².